The molecule has 0 aromatic heterocycles. The van der Waals surface area contributed by atoms with Crippen molar-refractivity contribution in [3.05, 3.63) is 35.4 Å². The Kier molecular flexibility index (Phi) is 7.49. The number of amides is 1. The molecule has 10 heteroatoms. The predicted octanol–water partition coefficient (Wildman–Crippen LogP) is 2.22. The smallest absolute Gasteiger partial charge is 0.410 e. The fourth-order valence-electron chi connectivity index (χ4n) is 3.24. The SMILES string of the molecule is CC(C)C[C@@H](N[C@@H](C[C@H]1COC(=O)N1Cc1cc(F)cc(F)c1)C(=O)O)C(=O)O. The number of carbonyl (C=O) groups is 3. The van der Waals surface area contributed by atoms with E-state index in [2.05, 4.69) is 5.32 Å². The number of nitrogens with zero attached hydrogens (tertiary/aromatic N) is 1. The van der Waals surface area contributed by atoms with E-state index >= 15 is 0 Å². The molecular formula is C19H24F2N2O6. The molecule has 1 aliphatic heterocycles. The fourth-order valence-corrected chi connectivity index (χ4v) is 3.24. The molecule has 3 atom stereocenters. The Balaban J connectivity index is 2.13. The highest BCUT2D eigenvalue weighted by molar-refractivity contribution is 5.78. The van der Waals surface area contributed by atoms with E-state index < -0.39 is 47.8 Å². The van der Waals surface area contributed by atoms with Gasteiger partial charge in [-0.2, -0.15) is 0 Å². The van der Waals surface area contributed by atoms with Crippen molar-refractivity contribution in [2.24, 2.45) is 5.92 Å². The molecule has 1 amide bonds. The van der Waals surface area contributed by atoms with Gasteiger partial charge in [-0.1, -0.05) is 13.8 Å². The van der Waals surface area contributed by atoms with Gasteiger partial charge in [-0.05, 0) is 36.5 Å². The van der Waals surface area contributed by atoms with Crippen LogP contribution in [-0.2, 0) is 20.9 Å². The van der Waals surface area contributed by atoms with Crippen LogP contribution in [0.3, 0.4) is 0 Å². The predicted molar refractivity (Wildman–Crippen MR) is 97.1 cm³/mol. The first-order valence-electron chi connectivity index (χ1n) is 9.16. The lowest BCUT2D eigenvalue weighted by molar-refractivity contribution is -0.143. The molecule has 2 rings (SSSR count). The molecule has 1 aromatic rings. The minimum absolute atomic E-state index is 0.0220. The summed E-state index contributed by atoms with van der Waals surface area (Å²) >= 11 is 0. The van der Waals surface area contributed by atoms with Crippen molar-refractivity contribution in [1.82, 2.24) is 10.2 Å². The van der Waals surface area contributed by atoms with Crippen LogP contribution >= 0.6 is 0 Å². The van der Waals surface area contributed by atoms with E-state index in [0.717, 1.165) is 12.1 Å². The molecule has 29 heavy (non-hydrogen) atoms. The van der Waals surface area contributed by atoms with Crippen molar-refractivity contribution >= 4 is 18.0 Å². The van der Waals surface area contributed by atoms with E-state index in [1.54, 1.807) is 0 Å². The first kappa shape index (κ1) is 22.5. The van der Waals surface area contributed by atoms with E-state index in [9.17, 15) is 33.4 Å². The fraction of sp³-hybridized carbons (Fsp3) is 0.526. The van der Waals surface area contributed by atoms with Gasteiger partial charge in [0.2, 0.25) is 0 Å². The lowest BCUT2D eigenvalue weighted by atomic mass is 10.0. The zero-order valence-electron chi connectivity index (χ0n) is 16.1. The molecule has 8 nitrogen and oxygen atoms in total. The summed E-state index contributed by atoms with van der Waals surface area (Å²) in [5.74, 6) is -4.01. The number of benzene rings is 1. The highest BCUT2D eigenvalue weighted by atomic mass is 19.1. The van der Waals surface area contributed by atoms with Gasteiger partial charge in [0, 0.05) is 12.6 Å². The van der Waals surface area contributed by atoms with Crippen molar-refractivity contribution in [3.63, 3.8) is 0 Å². The molecule has 160 valence electrons. The van der Waals surface area contributed by atoms with E-state index in [-0.39, 0.29) is 37.5 Å². The van der Waals surface area contributed by atoms with Crippen LogP contribution in [0.4, 0.5) is 13.6 Å². The van der Waals surface area contributed by atoms with Crippen LogP contribution in [0.15, 0.2) is 18.2 Å². The van der Waals surface area contributed by atoms with Crippen molar-refractivity contribution in [2.75, 3.05) is 6.61 Å². The largest absolute Gasteiger partial charge is 0.480 e. The van der Waals surface area contributed by atoms with Gasteiger partial charge >= 0.3 is 18.0 Å². The summed E-state index contributed by atoms with van der Waals surface area (Å²) in [5.41, 5.74) is 0.189. The maximum atomic E-state index is 13.4. The van der Waals surface area contributed by atoms with Crippen molar-refractivity contribution < 1.29 is 38.1 Å². The first-order valence-corrected chi connectivity index (χ1v) is 9.16. The zero-order chi connectivity index (χ0) is 21.7. The Labute approximate surface area is 166 Å². The van der Waals surface area contributed by atoms with Gasteiger partial charge in [-0.3, -0.25) is 19.8 Å². The quantitative estimate of drug-likeness (QED) is 0.538. The summed E-state index contributed by atoms with van der Waals surface area (Å²) < 4.78 is 31.8. The number of halogens is 2. The lowest BCUT2D eigenvalue weighted by Crippen LogP contribution is -2.50. The summed E-state index contributed by atoms with van der Waals surface area (Å²) in [6.45, 7) is 3.36. The van der Waals surface area contributed by atoms with Gasteiger partial charge < -0.3 is 14.9 Å². The van der Waals surface area contributed by atoms with Crippen LogP contribution in [0.1, 0.15) is 32.3 Å². The molecular weight excluding hydrogens is 390 g/mol. The van der Waals surface area contributed by atoms with Gasteiger partial charge in [0.05, 0.1) is 6.04 Å². The Bertz CT molecular complexity index is 753. The number of carbonyl (C=O) groups excluding carboxylic acids is 1. The van der Waals surface area contributed by atoms with Crippen molar-refractivity contribution in [3.8, 4) is 0 Å². The first-order chi connectivity index (χ1) is 13.6. The minimum Gasteiger partial charge on any atom is -0.480 e. The second-order valence-corrected chi connectivity index (χ2v) is 7.45. The lowest BCUT2D eigenvalue weighted by Gasteiger charge is -2.27. The molecule has 1 saturated heterocycles. The third kappa shape index (κ3) is 6.38. The second-order valence-electron chi connectivity index (χ2n) is 7.45. The number of aliphatic carboxylic acids is 2. The number of carboxylic acids is 2. The molecule has 0 spiro atoms. The van der Waals surface area contributed by atoms with Crippen molar-refractivity contribution in [1.29, 1.82) is 0 Å². The monoisotopic (exact) mass is 414 g/mol. The number of rotatable bonds is 10. The minimum atomic E-state index is -1.27. The molecule has 1 aromatic carbocycles. The topological polar surface area (TPSA) is 116 Å². The summed E-state index contributed by atoms with van der Waals surface area (Å²) in [6, 6.07) is -0.172. The van der Waals surface area contributed by atoms with Crippen LogP contribution in [0.2, 0.25) is 0 Å². The highest BCUT2D eigenvalue weighted by Gasteiger charge is 2.37. The summed E-state index contributed by atoms with van der Waals surface area (Å²) in [5, 5.41) is 21.5. The van der Waals surface area contributed by atoms with E-state index in [1.165, 1.54) is 4.90 Å². The third-order valence-electron chi connectivity index (χ3n) is 4.56. The van der Waals surface area contributed by atoms with Gasteiger partial charge in [-0.15, -0.1) is 0 Å². The average Bonchev–Trinajstić information content (AvgIpc) is 2.92. The number of hydrogen-bond acceptors (Lipinski definition) is 5. The molecule has 0 bridgehead atoms. The second kappa shape index (κ2) is 9.64. The average molecular weight is 414 g/mol. The number of hydrogen-bond donors (Lipinski definition) is 3. The Hall–Kier alpha value is -2.75. The molecule has 0 radical (unpaired) electrons. The maximum absolute atomic E-state index is 13.4. The van der Waals surface area contributed by atoms with Crippen LogP contribution in [-0.4, -0.2) is 57.9 Å². The summed E-state index contributed by atoms with van der Waals surface area (Å²) in [4.78, 5) is 36.3. The summed E-state index contributed by atoms with van der Waals surface area (Å²) in [7, 11) is 0. The van der Waals surface area contributed by atoms with Gasteiger partial charge in [-0.25, -0.2) is 13.6 Å². The van der Waals surface area contributed by atoms with Crippen molar-refractivity contribution in [2.45, 2.75) is 51.4 Å². The standard InChI is InChI=1S/C19H24F2N2O6/c1-10(2)3-15(17(24)25)22-16(18(26)27)7-14-9-29-19(28)23(14)8-11-4-12(20)6-13(21)5-11/h4-6,10,14-16,22H,3,7-9H2,1-2H3,(H,24,25)(H,26,27)/t14-,15+,16-/m0/s1. The molecule has 0 aliphatic carbocycles. The van der Waals surface area contributed by atoms with Gasteiger partial charge in [0.1, 0.15) is 30.3 Å². The molecule has 0 saturated carbocycles. The van der Waals surface area contributed by atoms with Crippen LogP contribution in [0.5, 0.6) is 0 Å². The zero-order valence-corrected chi connectivity index (χ0v) is 16.1. The van der Waals surface area contributed by atoms with Crippen LogP contribution in [0.25, 0.3) is 0 Å². The Morgan fingerprint density at radius 1 is 1.17 bits per heavy atom. The molecule has 0 unspecified atom stereocenters. The van der Waals surface area contributed by atoms with E-state index in [4.69, 9.17) is 4.74 Å². The Morgan fingerprint density at radius 2 is 1.76 bits per heavy atom. The number of nitrogens with one attached hydrogen (secondary N) is 1. The molecule has 3 N–H and O–H groups in total. The van der Waals surface area contributed by atoms with E-state index in [1.807, 2.05) is 13.8 Å². The normalized spacial score (nSPS) is 18.6. The number of ether oxygens (including phenoxy) is 1. The maximum Gasteiger partial charge on any atom is 0.410 e. The Morgan fingerprint density at radius 3 is 2.28 bits per heavy atom. The van der Waals surface area contributed by atoms with Gasteiger partial charge in [0.25, 0.3) is 0 Å². The third-order valence-corrected chi connectivity index (χ3v) is 4.56. The number of carboxylic acid groups (broad SMARTS) is 2. The van der Waals surface area contributed by atoms with Gasteiger partial charge in [0.15, 0.2) is 0 Å². The van der Waals surface area contributed by atoms with Crippen LogP contribution in [0, 0.1) is 17.6 Å². The summed E-state index contributed by atoms with van der Waals surface area (Å²) in [6.07, 6.45) is -0.632. The molecule has 1 fully saturated rings. The molecule has 1 aliphatic rings. The highest BCUT2D eigenvalue weighted by Crippen LogP contribution is 2.22. The molecule has 1 heterocycles. The van der Waals surface area contributed by atoms with E-state index in [0.29, 0.717) is 6.07 Å². The number of cyclic esters (lactones) is 1. The van der Waals surface area contributed by atoms with Crippen LogP contribution < -0.4 is 5.32 Å².